The zero-order valence-corrected chi connectivity index (χ0v) is 18.9. The molecule has 2 unspecified atom stereocenters. The van der Waals surface area contributed by atoms with Crippen LogP contribution in [-0.2, 0) is 26.0 Å². The molecule has 1 aliphatic heterocycles. The molecular weight excluding hydrogens is 439 g/mol. The van der Waals surface area contributed by atoms with Crippen LogP contribution in [0, 0.1) is 18.7 Å². The Balaban J connectivity index is 1.81. The van der Waals surface area contributed by atoms with Crippen molar-refractivity contribution in [3.8, 4) is 5.75 Å². The fourth-order valence-corrected chi connectivity index (χ4v) is 6.03. The average molecular weight is 467 g/mol. The zero-order valence-electron chi connectivity index (χ0n) is 18.1. The van der Waals surface area contributed by atoms with Gasteiger partial charge >= 0.3 is 0 Å². The summed E-state index contributed by atoms with van der Waals surface area (Å²) in [5.74, 6) is 3.20. The number of halogens is 1. The number of sulfone groups is 1. The monoisotopic (exact) mass is 466 g/mol. The van der Waals surface area contributed by atoms with E-state index in [1.807, 2.05) is 0 Å². The third-order valence-corrected chi connectivity index (χ3v) is 7.97. The fourth-order valence-electron chi connectivity index (χ4n) is 3.96. The molecule has 0 aromatic heterocycles. The van der Waals surface area contributed by atoms with E-state index in [0.717, 1.165) is 11.1 Å². The Morgan fingerprint density at radius 2 is 1.94 bits per heavy atom. The lowest BCUT2D eigenvalue weighted by Gasteiger charge is -2.42. The number of carbonyl (C=O) groups excluding carboxylic acids is 1. The Bertz CT molecular complexity index is 1090. The van der Waals surface area contributed by atoms with Crippen LogP contribution in [-0.4, -0.2) is 42.2 Å². The van der Waals surface area contributed by atoms with Gasteiger partial charge in [0.25, 0.3) is 5.91 Å². The maximum absolute atomic E-state index is 13.4. The molecule has 2 aromatic rings. The van der Waals surface area contributed by atoms with Gasteiger partial charge in [0.05, 0.1) is 21.7 Å². The molecule has 174 valence electrons. The van der Waals surface area contributed by atoms with Crippen molar-refractivity contribution in [1.82, 2.24) is 5.17 Å². The van der Waals surface area contributed by atoms with Gasteiger partial charge in [0.2, 0.25) is 0 Å². The molecule has 0 spiro atoms. The summed E-state index contributed by atoms with van der Waals surface area (Å²) in [6, 6.07) is 10.3. The van der Waals surface area contributed by atoms with Crippen molar-refractivity contribution in [3.05, 3.63) is 59.4 Å². The van der Waals surface area contributed by atoms with E-state index in [2.05, 4.69) is 0 Å². The summed E-state index contributed by atoms with van der Waals surface area (Å²) in [5, 5.41) is 8.25. The standard InChI is InChI=1S/C22H27FN2O6S/c1-14-12-16(23)5-4-15(14)13-30-17-6-8-18(9-7-17)32(28,29)19-10-11-31-22(2,3)20(19)21(26)25(24)27/h4-9,12,19-20,27H,10-11,13,24H2,1-3H3. The molecule has 32 heavy (non-hydrogen) atoms. The molecule has 1 fully saturated rings. The Morgan fingerprint density at radius 1 is 1.28 bits per heavy atom. The Kier molecular flexibility index (Phi) is 6.89. The van der Waals surface area contributed by atoms with E-state index in [1.165, 1.54) is 36.4 Å². The van der Waals surface area contributed by atoms with E-state index >= 15 is 0 Å². The lowest BCUT2D eigenvalue weighted by atomic mass is 9.83. The van der Waals surface area contributed by atoms with E-state index < -0.39 is 32.5 Å². The molecular formula is C22H27FN2O6S. The lowest BCUT2D eigenvalue weighted by Crippen LogP contribution is -2.57. The first kappa shape index (κ1) is 24.1. The van der Waals surface area contributed by atoms with Crippen LogP contribution in [0.25, 0.3) is 0 Å². The second-order valence-electron chi connectivity index (χ2n) is 8.32. The van der Waals surface area contributed by atoms with Crippen molar-refractivity contribution in [3.63, 3.8) is 0 Å². The van der Waals surface area contributed by atoms with Crippen molar-refractivity contribution in [2.45, 2.75) is 49.5 Å². The first-order valence-electron chi connectivity index (χ1n) is 10.1. The number of benzene rings is 2. The summed E-state index contributed by atoms with van der Waals surface area (Å²) in [4.78, 5) is 12.5. The van der Waals surface area contributed by atoms with Crippen LogP contribution >= 0.6 is 0 Å². The molecule has 1 heterocycles. The number of hydrogen-bond donors (Lipinski definition) is 2. The van der Waals surface area contributed by atoms with Crippen molar-refractivity contribution < 1.29 is 32.3 Å². The number of hydroxylamine groups is 1. The predicted octanol–water partition coefficient (Wildman–Crippen LogP) is 2.76. The van der Waals surface area contributed by atoms with Crippen LogP contribution in [0.5, 0.6) is 5.75 Å². The van der Waals surface area contributed by atoms with Gasteiger partial charge in [-0.1, -0.05) is 6.07 Å². The van der Waals surface area contributed by atoms with Crippen LogP contribution in [0.3, 0.4) is 0 Å². The Morgan fingerprint density at radius 3 is 2.53 bits per heavy atom. The van der Waals surface area contributed by atoms with Gasteiger partial charge < -0.3 is 9.47 Å². The van der Waals surface area contributed by atoms with E-state index in [-0.39, 0.29) is 35.5 Å². The number of hydrazine groups is 1. The van der Waals surface area contributed by atoms with E-state index in [9.17, 15) is 22.8 Å². The van der Waals surface area contributed by atoms with Gasteiger partial charge in [-0.15, -0.1) is 0 Å². The molecule has 0 saturated carbocycles. The van der Waals surface area contributed by atoms with E-state index in [1.54, 1.807) is 26.8 Å². The minimum Gasteiger partial charge on any atom is -0.489 e. The van der Waals surface area contributed by atoms with Crippen molar-refractivity contribution >= 4 is 15.7 Å². The molecule has 8 nitrogen and oxygen atoms in total. The number of carbonyl (C=O) groups is 1. The minimum atomic E-state index is -3.95. The number of rotatable bonds is 6. The molecule has 10 heteroatoms. The number of amides is 1. The van der Waals surface area contributed by atoms with Gasteiger partial charge in [0.1, 0.15) is 18.2 Å². The summed E-state index contributed by atoms with van der Waals surface area (Å²) < 4.78 is 51.2. The molecule has 1 saturated heterocycles. The zero-order chi connectivity index (χ0) is 23.7. The van der Waals surface area contributed by atoms with Crippen LogP contribution < -0.4 is 10.6 Å². The molecule has 0 radical (unpaired) electrons. The van der Waals surface area contributed by atoms with Gasteiger partial charge in [0, 0.05) is 6.61 Å². The topological polar surface area (TPSA) is 119 Å². The molecule has 1 amide bonds. The number of hydrogen-bond acceptors (Lipinski definition) is 7. The summed E-state index contributed by atoms with van der Waals surface area (Å²) in [6.07, 6.45) is 0.0815. The molecule has 0 aliphatic carbocycles. The smallest absolute Gasteiger partial charge is 0.268 e. The Labute approximate surface area is 186 Å². The second kappa shape index (κ2) is 9.14. The summed E-state index contributed by atoms with van der Waals surface area (Å²) in [7, 11) is -3.95. The average Bonchev–Trinajstić information content (AvgIpc) is 2.72. The highest BCUT2D eigenvalue weighted by Crippen LogP contribution is 2.38. The third-order valence-electron chi connectivity index (χ3n) is 5.74. The van der Waals surface area contributed by atoms with Gasteiger partial charge in [0.15, 0.2) is 9.84 Å². The van der Waals surface area contributed by atoms with Crippen LogP contribution in [0.15, 0.2) is 47.4 Å². The van der Waals surface area contributed by atoms with Gasteiger partial charge in [-0.2, -0.15) is 5.17 Å². The third kappa shape index (κ3) is 4.93. The molecule has 0 bridgehead atoms. The number of ether oxygens (including phenoxy) is 2. The van der Waals surface area contributed by atoms with E-state index in [4.69, 9.17) is 15.3 Å². The first-order valence-corrected chi connectivity index (χ1v) is 11.6. The molecule has 3 rings (SSSR count). The molecule has 2 aromatic carbocycles. The summed E-state index contributed by atoms with van der Waals surface area (Å²) in [5.41, 5.74) is 0.424. The molecule has 2 atom stereocenters. The number of aryl methyl sites for hydroxylation is 1. The molecule has 1 aliphatic rings. The quantitative estimate of drug-likeness (QED) is 0.291. The van der Waals surface area contributed by atoms with Crippen molar-refractivity contribution in [2.75, 3.05) is 6.61 Å². The van der Waals surface area contributed by atoms with Crippen LogP contribution in [0.4, 0.5) is 4.39 Å². The second-order valence-corrected chi connectivity index (χ2v) is 10.5. The Hall–Kier alpha value is -2.53. The van der Waals surface area contributed by atoms with Gasteiger partial charge in [-0.05, 0) is 74.7 Å². The lowest BCUT2D eigenvalue weighted by molar-refractivity contribution is -0.187. The largest absolute Gasteiger partial charge is 0.489 e. The predicted molar refractivity (Wildman–Crippen MR) is 114 cm³/mol. The number of nitrogens with two attached hydrogens (primary N) is 1. The summed E-state index contributed by atoms with van der Waals surface area (Å²) in [6.45, 7) is 5.31. The maximum Gasteiger partial charge on any atom is 0.268 e. The van der Waals surface area contributed by atoms with Gasteiger partial charge in [-0.25, -0.2) is 18.7 Å². The van der Waals surface area contributed by atoms with Gasteiger partial charge in [-0.3, -0.25) is 10.0 Å². The van der Waals surface area contributed by atoms with Crippen LogP contribution in [0.1, 0.15) is 31.4 Å². The van der Waals surface area contributed by atoms with Crippen LogP contribution in [0.2, 0.25) is 0 Å². The highest BCUT2D eigenvalue weighted by Gasteiger charge is 2.51. The maximum atomic E-state index is 13.4. The first-order chi connectivity index (χ1) is 14.9. The normalized spacial score (nSPS) is 20.6. The highest BCUT2D eigenvalue weighted by atomic mass is 32.2. The van der Waals surface area contributed by atoms with E-state index in [0.29, 0.717) is 5.75 Å². The molecule has 3 N–H and O–H groups in total. The fraction of sp³-hybridized carbons (Fsp3) is 0.409. The highest BCUT2D eigenvalue weighted by molar-refractivity contribution is 7.92. The minimum absolute atomic E-state index is 0.0184. The SMILES string of the molecule is Cc1cc(F)ccc1COc1ccc(S(=O)(=O)C2CCOC(C)(C)C2C(=O)N(N)O)cc1. The van der Waals surface area contributed by atoms with Crippen molar-refractivity contribution in [2.24, 2.45) is 11.8 Å². The van der Waals surface area contributed by atoms with Crippen molar-refractivity contribution in [1.29, 1.82) is 0 Å². The summed E-state index contributed by atoms with van der Waals surface area (Å²) >= 11 is 0. The number of nitrogens with zero attached hydrogens (tertiary/aromatic N) is 1.